The molecule has 1 aliphatic heterocycles. The normalized spacial score (nSPS) is 20.3. The molecular weight excluding hydrogens is 192 g/mol. The fourth-order valence-electron chi connectivity index (χ4n) is 1.59. The van der Waals surface area contributed by atoms with Crippen molar-refractivity contribution in [2.45, 2.75) is 19.0 Å². The van der Waals surface area contributed by atoms with Crippen LogP contribution in [0.4, 0.5) is 0 Å². The molecule has 1 aliphatic rings. The number of carbonyl (C=O) groups is 1. The van der Waals surface area contributed by atoms with E-state index in [4.69, 9.17) is 10.5 Å². The van der Waals surface area contributed by atoms with Gasteiger partial charge in [0.25, 0.3) is 0 Å². The van der Waals surface area contributed by atoms with Crippen molar-refractivity contribution in [2.24, 2.45) is 5.73 Å². The van der Waals surface area contributed by atoms with Crippen molar-refractivity contribution < 1.29 is 9.53 Å². The van der Waals surface area contributed by atoms with Gasteiger partial charge in [-0.25, -0.2) is 0 Å². The maximum atomic E-state index is 11.4. The second-order valence-electron chi connectivity index (χ2n) is 3.70. The van der Waals surface area contributed by atoms with Crippen molar-refractivity contribution in [3.8, 4) is 5.75 Å². The first-order valence-electron chi connectivity index (χ1n) is 4.96. The molecule has 80 valence electrons. The summed E-state index contributed by atoms with van der Waals surface area (Å²) in [5, 5.41) is 2.85. The van der Waals surface area contributed by atoms with Gasteiger partial charge in [0, 0.05) is 5.56 Å². The molecule has 0 saturated carbocycles. The van der Waals surface area contributed by atoms with Crippen LogP contribution in [0.2, 0.25) is 0 Å². The zero-order chi connectivity index (χ0) is 10.8. The molecule has 4 heteroatoms. The van der Waals surface area contributed by atoms with E-state index >= 15 is 0 Å². The van der Waals surface area contributed by atoms with E-state index in [-0.39, 0.29) is 11.9 Å². The van der Waals surface area contributed by atoms with E-state index < -0.39 is 6.04 Å². The number of benzene rings is 1. The van der Waals surface area contributed by atoms with Crippen LogP contribution in [0.15, 0.2) is 24.3 Å². The zero-order valence-corrected chi connectivity index (χ0v) is 8.57. The van der Waals surface area contributed by atoms with Gasteiger partial charge in [-0.05, 0) is 13.0 Å². The molecule has 0 radical (unpaired) electrons. The molecule has 15 heavy (non-hydrogen) atoms. The highest BCUT2D eigenvalue weighted by atomic mass is 16.5. The van der Waals surface area contributed by atoms with Crippen molar-refractivity contribution in [3.05, 3.63) is 29.8 Å². The number of rotatable bonds is 2. The Morgan fingerprint density at radius 3 is 3.07 bits per heavy atom. The molecule has 1 amide bonds. The summed E-state index contributed by atoms with van der Waals surface area (Å²) in [6.07, 6.45) is 0. The van der Waals surface area contributed by atoms with Crippen LogP contribution in [0.25, 0.3) is 0 Å². The zero-order valence-electron chi connectivity index (χ0n) is 8.57. The molecule has 0 fully saturated rings. The van der Waals surface area contributed by atoms with E-state index in [2.05, 4.69) is 5.32 Å². The maximum absolute atomic E-state index is 11.4. The van der Waals surface area contributed by atoms with Crippen LogP contribution >= 0.6 is 0 Å². The third kappa shape index (κ3) is 1.94. The molecule has 0 aromatic heterocycles. The molecule has 1 heterocycles. The van der Waals surface area contributed by atoms with Gasteiger partial charge in [-0.15, -0.1) is 0 Å². The van der Waals surface area contributed by atoms with Gasteiger partial charge >= 0.3 is 0 Å². The quantitative estimate of drug-likeness (QED) is 0.744. The second kappa shape index (κ2) is 3.90. The van der Waals surface area contributed by atoms with E-state index in [1.54, 1.807) is 6.92 Å². The fraction of sp³-hybridized carbons (Fsp3) is 0.364. The molecule has 0 aliphatic carbocycles. The summed E-state index contributed by atoms with van der Waals surface area (Å²) in [6.45, 7) is 2.15. The highest BCUT2D eigenvalue weighted by Crippen LogP contribution is 2.31. The monoisotopic (exact) mass is 206 g/mol. The molecule has 1 aromatic carbocycles. The minimum Gasteiger partial charge on any atom is -0.491 e. The van der Waals surface area contributed by atoms with Gasteiger partial charge in [-0.3, -0.25) is 4.79 Å². The number of ether oxygens (including phenoxy) is 1. The summed E-state index contributed by atoms with van der Waals surface area (Å²) >= 11 is 0. The maximum Gasteiger partial charge on any atom is 0.237 e. The number of hydrogen-bond acceptors (Lipinski definition) is 3. The number of carbonyl (C=O) groups excluding carboxylic acids is 1. The van der Waals surface area contributed by atoms with Crippen LogP contribution in [-0.2, 0) is 4.79 Å². The highest BCUT2D eigenvalue weighted by Gasteiger charge is 2.25. The van der Waals surface area contributed by atoms with Gasteiger partial charge in [0.1, 0.15) is 12.4 Å². The van der Waals surface area contributed by atoms with Crippen LogP contribution in [0, 0.1) is 0 Å². The van der Waals surface area contributed by atoms with Gasteiger partial charge in [-0.1, -0.05) is 18.2 Å². The number of amides is 1. The molecule has 1 aromatic rings. The Labute approximate surface area is 88.4 Å². The van der Waals surface area contributed by atoms with E-state index in [0.717, 1.165) is 11.3 Å². The first kappa shape index (κ1) is 9.98. The standard InChI is InChI=1S/C11H14N2O2/c1-7(12)11(14)13-9-6-15-10-5-3-2-4-8(9)10/h2-5,7,9H,6,12H2,1H3,(H,13,14)/t7-,9?/m0/s1. The molecule has 1 unspecified atom stereocenters. The molecule has 0 saturated heterocycles. The molecule has 0 spiro atoms. The SMILES string of the molecule is C[C@H](N)C(=O)NC1COc2ccccc21. The van der Waals surface area contributed by atoms with Crippen LogP contribution in [0.1, 0.15) is 18.5 Å². The average molecular weight is 206 g/mol. The van der Waals surface area contributed by atoms with E-state index in [1.165, 1.54) is 0 Å². The van der Waals surface area contributed by atoms with E-state index in [0.29, 0.717) is 6.61 Å². The summed E-state index contributed by atoms with van der Waals surface area (Å²) in [4.78, 5) is 11.4. The lowest BCUT2D eigenvalue weighted by atomic mass is 10.1. The van der Waals surface area contributed by atoms with Crippen molar-refractivity contribution in [1.29, 1.82) is 0 Å². The Balaban J connectivity index is 2.11. The first-order valence-corrected chi connectivity index (χ1v) is 4.96. The highest BCUT2D eigenvalue weighted by molar-refractivity contribution is 5.81. The number of nitrogens with two attached hydrogens (primary N) is 1. The van der Waals surface area contributed by atoms with Gasteiger partial charge in [-0.2, -0.15) is 0 Å². The summed E-state index contributed by atoms with van der Waals surface area (Å²) in [7, 11) is 0. The Morgan fingerprint density at radius 2 is 2.33 bits per heavy atom. The molecule has 0 bridgehead atoms. The third-order valence-electron chi connectivity index (χ3n) is 2.43. The third-order valence-corrected chi connectivity index (χ3v) is 2.43. The predicted molar refractivity (Wildman–Crippen MR) is 56.5 cm³/mol. The number of nitrogens with one attached hydrogen (secondary N) is 1. The smallest absolute Gasteiger partial charge is 0.237 e. The van der Waals surface area contributed by atoms with Crippen LogP contribution in [-0.4, -0.2) is 18.6 Å². The number of fused-ring (bicyclic) bond motifs is 1. The van der Waals surface area contributed by atoms with Gasteiger partial charge in [0.05, 0.1) is 12.1 Å². The lowest BCUT2D eigenvalue weighted by Crippen LogP contribution is -2.40. The average Bonchev–Trinajstić information content (AvgIpc) is 2.62. The fourth-order valence-corrected chi connectivity index (χ4v) is 1.59. The van der Waals surface area contributed by atoms with Gasteiger partial charge < -0.3 is 15.8 Å². The topological polar surface area (TPSA) is 64.4 Å². The molecule has 2 atom stereocenters. The summed E-state index contributed by atoms with van der Waals surface area (Å²) in [6, 6.07) is 7.13. The Hall–Kier alpha value is -1.55. The first-order chi connectivity index (χ1) is 7.18. The summed E-state index contributed by atoms with van der Waals surface area (Å²) in [5.74, 6) is 0.688. The van der Waals surface area contributed by atoms with Crippen molar-refractivity contribution in [2.75, 3.05) is 6.61 Å². The van der Waals surface area contributed by atoms with Crippen LogP contribution in [0.3, 0.4) is 0 Å². The Kier molecular flexibility index (Phi) is 2.60. The Bertz CT molecular complexity index is 377. The van der Waals surface area contributed by atoms with Gasteiger partial charge in [0.15, 0.2) is 0 Å². The molecule has 2 rings (SSSR count). The lowest BCUT2D eigenvalue weighted by molar-refractivity contribution is -0.122. The number of para-hydroxylation sites is 1. The summed E-state index contributed by atoms with van der Waals surface area (Å²) < 4.78 is 5.44. The van der Waals surface area contributed by atoms with E-state index in [9.17, 15) is 4.79 Å². The minimum atomic E-state index is -0.488. The number of hydrogen-bond donors (Lipinski definition) is 2. The van der Waals surface area contributed by atoms with Crippen LogP contribution < -0.4 is 15.8 Å². The van der Waals surface area contributed by atoms with E-state index in [1.807, 2.05) is 24.3 Å². The van der Waals surface area contributed by atoms with Crippen molar-refractivity contribution in [1.82, 2.24) is 5.32 Å². The Morgan fingerprint density at radius 1 is 1.60 bits per heavy atom. The molecule has 4 nitrogen and oxygen atoms in total. The molecule has 3 N–H and O–H groups in total. The largest absolute Gasteiger partial charge is 0.491 e. The molecular formula is C11H14N2O2. The van der Waals surface area contributed by atoms with Crippen molar-refractivity contribution in [3.63, 3.8) is 0 Å². The minimum absolute atomic E-state index is 0.0697. The summed E-state index contributed by atoms with van der Waals surface area (Å²) in [5.41, 5.74) is 6.50. The lowest BCUT2D eigenvalue weighted by Gasteiger charge is -2.13. The van der Waals surface area contributed by atoms with Crippen molar-refractivity contribution >= 4 is 5.91 Å². The predicted octanol–water partition coefficient (Wildman–Crippen LogP) is 0.583. The second-order valence-corrected chi connectivity index (χ2v) is 3.70. The van der Waals surface area contributed by atoms with Gasteiger partial charge in [0.2, 0.25) is 5.91 Å². The van der Waals surface area contributed by atoms with Crippen LogP contribution in [0.5, 0.6) is 5.75 Å².